The van der Waals surface area contributed by atoms with E-state index in [0.29, 0.717) is 40.5 Å². The summed E-state index contributed by atoms with van der Waals surface area (Å²) in [5.74, 6) is -0.109. The number of hydrogen-bond donors (Lipinski definition) is 1. The minimum atomic E-state index is -0.676. The summed E-state index contributed by atoms with van der Waals surface area (Å²) >= 11 is 12.0. The zero-order chi connectivity index (χ0) is 21.3. The lowest BCUT2D eigenvalue weighted by Crippen LogP contribution is -2.21. The molecule has 4 rings (SSSR count). The van der Waals surface area contributed by atoms with Gasteiger partial charge in [0.25, 0.3) is 0 Å². The van der Waals surface area contributed by atoms with Gasteiger partial charge in [0.1, 0.15) is 11.5 Å². The van der Waals surface area contributed by atoms with Crippen LogP contribution in [0.1, 0.15) is 50.8 Å². The Morgan fingerprint density at radius 3 is 2.77 bits per heavy atom. The van der Waals surface area contributed by atoms with Gasteiger partial charge in [-0.25, -0.2) is 10.2 Å². The van der Waals surface area contributed by atoms with Gasteiger partial charge in [-0.15, -0.1) is 0 Å². The minimum Gasteiger partial charge on any atom is -0.459 e. The molecule has 1 N–H and O–H groups in total. The highest BCUT2D eigenvalue weighted by Gasteiger charge is 2.29. The summed E-state index contributed by atoms with van der Waals surface area (Å²) < 4.78 is 16.2. The molecule has 0 atom stereocenters. The molecular formula is C21H16Cl2N2O5. The Morgan fingerprint density at radius 2 is 2.03 bits per heavy atom. The van der Waals surface area contributed by atoms with Crippen molar-refractivity contribution < 1.29 is 23.2 Å². The zero-order valence-electron chi connectivity index (χ0n) is 15.8. The molecule has 2 heterocycles. The monoisotopic (exact) mass is 446 g/mol. The zero-order valence-corrected chi connectivity index (χ0v) is 17.3. The van der Waals surface area contributed by atoms with E-state index < -0.39 is 11.9 Å². The van der Waals surface area contributed by atoms with Gasteiger partial charge in [-0.05, 0) is 50.1 Å². The number of amides is 1. The molecule has 0 spiro atoms. The smallest absolute Gasteiger partial charge is 0.379 e. The van der Waals surface area contributed by atoms with Crippen molar-refractivity contribution >= 4 is 40.8 Å². The SMILES string of the molecule is Cc1c(C(=O)Oc2ccc(Cl)cc2Cl)oc2c1/C(=N/NC(=O)c1ccco1)CCC2. The van der Waals surface area contributed by atoms with Gasteiger partial charge >= 0.3 is 11.9 Å². The number of nitrogens with zero attached hydrogens (tertiary/aromatic N) is 1. The highest BCUT2D eigenvalue weighted by Crippen LogP contribution is 2.32. The first-order chi connectivity index (χ1) is 14.4. The lowest BCUT2D eigenvalue weighted by molar-refractivity contribution is 0.0698. The van der Waals surface area contributed by atoms with E-state index >= 15 is 0 Å². The van der Waals surface area contributed by atoms with E-state index in [-0.39, 0.29) is 22.3 Å². The van der Waals surface area contributed by atoms with Gasteiger partial charge in [0, 0.05) is 22.6 Å². The van der Waals surface area contributed by atoms with Gasteiger partial charge < -0.3 is 13.6 Å². The fraction of sp³-hybridized carbons (Fsp3) is 0.190. The van der Waals surface area contributed by atoms with Crippen LogP contribution in [0.4, 0.5) is 0 Å². The van der Waals surface area contributed by atoms with E-state index in [2.05, 4.69) is 10.5 Å². The molecule has 154 valence electrons. The van der Waals surface area contributed by atoms with E-state index in [4.69, 9.17) is 36.8 Å². The molecule has 0 unspecified atom stereocenters. The average molecular weight is 447 g/mol. The highest BCUT2D eigenvalue weighted by atomic mass is 35.5. The first kappa shape index (κ1) is 20.3. The second kappa shape index (κ2) is 8.38. The number of halogens is 2. The second-order valence-corrected chi connectivity index (χ2v) is 7.49. The molecule has 2 aromatic heterocycles. The number of rotatable bonds is 4. The summed E-state index contributed by atoms with van der Waals surface area (Å²) in [7, 11) is 0. The maximum absolute atomic E-state index is 12.7. The molecule has 9 heteroatoms. The Hall–Kier alpha value is -3.03. The van der Waals surface area contributed by atoms with E-state index in [1.54, 1.807) is 25.1 Å². The third kappa shape index (κ3) is 3.99. The predicted molar refractivity (Wildman–Crippen MR) is 111 cm³/mol. The van der Waals surface area contributed by atoms with Gasteiger partial charge in [-0.3, -0.25) is 4.79 Å². The number of aryl methyl sites for hydroxylation is 1. The molecule has 30 heavy (non-hydrogen) atoms. The maximum Gasteiger partial charge on any atom is 0.379 e. The van der Waals surface area contributed by atoms with Crippen LogP contribution < -0.4 is 10.2 Å². The van der Waals surface area contributed by atoms with Gasteiger partial charge in [0.2, 0.25) is 5.76 Å². The normalized spacial score (nSPS) is 14.4. The lowest BCUT2D eigenvalue weighted by Gasteiger charge is -2.13. The number of benzene rings is 1. The molecule has 0 aliphatic heterocycles. The van der Waals surface area contributed by atoms with E-state index in [1.807, 2.05) is 0 Å². The molecule has 0 radical (unpaired) electrons. The number of carbonyl (C=O) groups excluding carboxylic acids is 2. The van der Waals surface area contributed by atoms with Crippen molar-refractivity contribution in [3.63, 3.8) is 0 Å². The van der Waals surface area contributed by atoms with Crippen LogP contribution in [0.3, 0.4) is 0 Å². The van der Waals surface area contributed by atoms with E-state index in [0.717, 1.165) is 6.42 Å². The molecule has 0 fully saturated rings. The van der Waals surface area contributed by atoms with Crippen LogP contribution in [0.15, 0.2) is 50.5 Å². The summed E-state index contributed by atoms with van der Waals surface area (Å²) in [6.07, 6.45) is 3.46. The lowest BCUT2D eigenvalue weighted by atomic mass is 9.93. The Bertz CT molecular complexity index is 1150. The van der Waals surface area contributed by atoms with Crippen molar-refractivity contribution in [2.24, 2.45) is 5.10 Å². The van der Waals surface area contributed by atoms with Crippen molar-refractivity contribution in [2.45, 2.75) is 26.2 Å². The number of ether oxygens (including phenoxy) is 1. The van der Waals surface area contributed by atoms with Gasteiger partial charge in [-0.2, -0.15) is 5.10 Å². The Balaban J connectivity index is 1.58. The van der Waals surface area contributed by atoms with E-state index in [1.165, 1.54) is 18.4 Å². The molecule has 1 aromatic carbocycles. The number of carbonyl (C=O) groups is 2. The van der Waals surface area contributed by atoms with Crippen molar-refractivity contribution in [3.05, 3.63) is 75.0 Å². The summed E-state index contributed by atoms with van der Waals surface area (Å²) in [5, 5.41) is 4.88. The quantitative estimate of drug-likeness (QED) is 0.338. The molecule has 0 bridgehead atoms. The van der Waals surface area contributed by atoms with Gasteiger partial charge in [0.05, 0.1) is 17.0 Å². The van der Waals surface area contributed by atoms with Crippen LogP contribution in [0, 0.1) is 6.92 Å². The summed E-state index contributed by atoms with van der Waals surface area (Å²) in [4.78, 5) is 24.8. The summed E-state index contributed by atoms with van der Waals surface area (Å²) in [6, 6.07) is 7.73. The van der Waals surface area contributed by atoms with Gasteiger partial charge in [0.15, 0.2) is 5.76 Å². The number of hydrazone groups is 1. The average Bonchev–Trinajstić information content (AvgIpc) is 3.37. The Labute approximate surface area is 181 Å². The van der Waals surface area contributed by atoms with Crippen LogP contribution in [0.2, 0.25) is 10.0 Å². The molecule has 0 saturated carbocycles. The molecule has 1 aliphatic carbocycles. The number of furan rings is 2. The van der Waals surface area contributed by atoms with Crippen molar-refractivity contribution in [2.75, 3.05) is 0 Å². The summed E-state index contributed by atoms with van der Waals surface area (Å²) in [6.45, 7) is 1.75. The fourth-order valence-electron chi connectivity index (χ4n) is 3.26. The number of hydrogen-bond acceptors (Lipinski definition) is 6. The maximum atomic E-state index is 12.7. The molecular weight excluding hydrogens is 431 g/mol. The van der Waals surface area contributed by atoms with Crippen LogP contribution in [0.5, 0.6) is 5.75 Å². The Morgan fingerprint density at radius 1 is 1.20 bits per heavy atom. The Kier molecular flexibility index (Phi) is 5.65. The molecule has 0 saturated heterocycles. The molecule has 1 amide bonds. The standard InChI is InChI=1S/C21H16Cl2N2O5/c1-11-18-14(24-25-20(26)17-6-3-9-28-17)4-2-5-16(18)29-19(11)21(27)30-15-8-7-12(22)10-13(15)23/h3,6-10H,2,4-5H2,1H3,(H,25,26)/b24-14+. The van der Waals surface area contributed by atoms with Crippen molar-refractivity contribution in [1.82, 2.24) is 5.43 Å². The van der Waals surface area contributed by atoms with Crippen LogP contribution >= 0.6 is 23.2 Å². The fourth-order valence-corrected chi connectivity index (χ4v) is 3.71. The number of fused-ring (bicyclic) bond motifs is 1. The molecule has 3 aromatic rings. The van der Waals surface area contributed by atoms with Crippen LogP contribution in [-0.2, 0) is 6.42 Å². The van der Waals surface area contributed by atoms with Crippen LogP contribution in [-0.4, -0.2) is 17.6 Å². The highest BCUT2D eigenvalue weighted by molar-refractivity contribution is 6.35. The predicted octanol–water partition coefficient (Wildman–Crippen LogP) is 5.18. The second-order valence-electron chi connectivity index (χ2n) is 6.65. The van der Waals surface area contributed by atoms with Gasteiger partial charge in [-0.1, -0.05) is 23.2 Å². The van der Waals surface area contributed by atoms with Crippen LogP contribution in [0.25, 0.3) is 0 Å². The summed E-state index contributed by atoms with van der Waals surface area (Å²) in [5.41, 5.74) is 4.40. The first-order valence-corrected chi connectivity index (χ1v) is 9.90. The largest absolute Gasteiger partial charge is 0.459 e. The number of nitrogens with one attached hydrogen (secondary N) is 1. The van der Waals surface area contributed by atoms with Crippen molar-refractivity contribution in [1.29, 1.82) is 0 Å². The first-order valence-electron chi connectivity index (χ1n) is 9.14. The minimum absolute atomic E-state index is 0.0676. The van der Waals surface area contributed by atoms with E-state index in [9.17, 15) is 9.59 Å². The number of esters is 1. The third-order valence-corrected chi connectivity index (χ3v) is 5.18. The molecule has 7 nitrogen and oxygen atoms in total. The van der Waals surface area contributed by atoms with Crippen molar-refractivity contribution in [3.8, 4) is 5.75 Å². The molecule has 1 aliphatic rings. The third-order valence-electron chi connectivity index (χ3n) is 4.65. The topological polar surface area (TPSA) is 94.0 Å².